The highest BCUT2D eigenvalue weighted by Gasteiger charge is 2.31. The van der Waals surface area contributed by atoms with Crippen molar-refractivity contribution in [1.82, 2.24) is 19.9 Å². The van der Waals surface area contributed by atoms with Crippen molar-refractivity contribution in [3.8, 4) is 0 Å². The van der Waals surface area contributed by atoms with Gasteiger partial charge < -0.3 is 10.2 Å². The lowest BCUT2D eigenvalue weighted by Crippen LogP contribution is -2.44. The monoisotopic (exact) mass is 243 g/mol. The molecule has 0 amide bonds. The first-order valence-electron chi connectivity index (χ1n) is 6.72. The second kappa shape index (κ2) is 3.95. The van der Waals surface area contributed by atoms with Gasteiger partial charge in [0.25, 0.3) is 0 Å². The Morgan fingerprint density at radius 1 is 1.22 bits per heavy atom. The molecule has 2 fully saturated rings. The highest BCUT2D eigenvalue weighted by Crippen LogP contribution is 2.40. The largest absolute Gasteiger partial charge is 0.340 e. The number of pyridine rings is 1. The van der Waals surface area contributed by atoms with Gasteiger partial charge in [0.2, 0.25) is 5.95 Å². The smallest absolute Gasteiger partial charge is 0.208 e. The fourth-order valence-electron chi connectivity index (χ4n) is 2.67. The van der Waals surface area contributed by atoms with E-state index in [9.17, 15) is 0 Å². The fraction of sp³-hybridized carbons (Fsp3) is 0.538. The van der Waals surface area contributed by atoms with Crippen LogP contribution in [-0.2, 0) is 0 Å². The van der Waals surface area contributed by atoms with Crippen LogP contribution in [0, 0.1) is 0 Å². The van der Waals surface area contributed by atoms with Crippen molar-refractivity contribution in [1.29, 1.82) is 0 Å². The first kappa shape index (κ1) is 10.3. The van der Waals surface area contributed by atoms with Crippen molar-refractivity contribution in [3.05, 3.63) is 18.3 Å². The number of nitrogens with one attached hydrogen (secondary N) is 1. The minimum atomic E-state index is 0.620. The number of aromatic nitrogens is 3. The maximum absolute atomic E-state index is 4.80. The molecule has 18 heavy (non-hydrogen) atoms. The van der Waals surface area contributed by atoms with Crippen LogP contribution < -0.4 is 10.2 Å². The normalized spacial score (nSPS) is 20.6. The number of hydrogen-bond donors (Lipinski definition) is 1. The van der Waals surface area contributed by atoms with Gasteiger partial charge in [0.1, 0.15) is 5.52 Å². The third-order valence-electron chi connectivity index (χ3n) is 3.74. The minimum Gasteiger partial charge on any atom is -0.340 e. The molecule has 1 aliphatic carbocycles. The molecule has 1 N–H and O–H groups in total. The van der Waals surface area contributed by atoms with Gasteiger partial charge in [-0.3, -0.25) is 4.57 Å². The topological polar surface area (TPSA) is 46.0 Å². The van der Waals surface area contributed by atoms with Crippen LogP contribution >= 0.6 is 0 Å². The van der Waals surface area contributed by atoms with Crippen molar-refractivity contribution in [2.75, 3.05) is 31.1 Å². The van der Waals surface area contributed by atoms with E-state index in [4.69, 9.17) is 4.98 Å². The van der Waals surface area contributed by atoms with E-state index >= 15 is 0 Å². The molecule has 3 heterocycles. The quantitative estimate of drug-likeness (QED) is 0.860. The van der Waals surface area contributed by atoms with E-state index in [0.717, 1.165) is 43.3 Å². The molecular formula is C13H17N5. The summed E-state index contributed by atoms with van der Waals surface area (Å²) in [7, 11) is 0. The van der Waals surface area contributed by atoms with Crippen LogP contribution in [0.1, 0.15) is 18.9 Å². The summed E-state index contributed by atoms with van der Waals surface area (Å²) in [5, 5.41) is 3.39. The minimum absolute atomic E-state index is 0.620. The van der Waals surface area contributed by atoms with Crippen LogP contribution in [0.3, 0.4) is 0 Å². The maximum atomic E-state index is 4.80. The van der Waals surface area contributed by atoms with Gasteiger partial charge in [0, 0.05) is 38.4 Å². The number of hydrogen-bond acceptors (Lipinski definition) is 4. The molecule has 1 saturated heterocycles. The summed E-state index contributed by atoms with van der Waals surface area (Å²) < 4.78 is 2.35. The van der Waals surface area contributed by atoms with E-state index in [0.29, 0.717) is 6.04 Å². The molecular weight excluding hydrogens is 226 g/mol. The van der Waals surface area contributed by atoms with Gasteiger partial charge in [-0.2, -0.15) is 0 Å². The highest BCUT2D eigenvalue weighted by atomic mass is 15.4. The lowest BCUT2D eigenvalue weighted by molar-refractivity contribution is 0.568. The third-order valence-corrected chi connectivity index (χ3v) is 3.74. The number of rotatable bonds is 2. The molecule has 0 atom stereocenters. The predicted octanol–water partition coefficient (Wildman–Crippen LogP) is 1.18. The molecule has 0 unspecified atom stereocenters. The molecule has 1 aliphatic heterocycles. The van der Waals surface area contributed by atoms with Crippen LogP contribution in [0.2, 0.25) is 0 Å². The molecule has 2 aliphatic rings. The Bertz CT molecular complexity index is 566. The number of fused-ring (bicyclic) bond motifs is 1. The SMILES string of the molecule is c1cnc2c(c1)nc(N1CCNCC1)n2C1CC1. The number of imidazole rings is 1. The summed E-state index contributed by atoms with van der Waals surface area (Å²) in [6.07, 6.45) is 4.40. The zero-order valence-electron chi connectivity index (χ0n) is 10.3. The summed E-state index contributed by atoms with van der Waals surface area (Å²) in [4.78, 5) is 11.7. The standard InChI is InChI=1S/C13H17N5/c1-2-11-12(15-5-1)18(10-3-4-10)13(16-11)17-8-6-14-7-9-17/h1-2,5,10,14H,3-4,6-9H2. The highest BCUT2D eigenvalue weighted by molar-refractivity contribution is 5.75. The van der Waals surface area contributed by atoms with Gasteiger partial charge in [0.15, 0.2) is 5.65 Å². The van der Waals surface area contributed by atoms with E-state index in [1.165, 1.54) is 12.8 Å². The van der Waals surface area contributed by atoms with Crippen molar-refractivity contribution in [3.63, 3.8) is 0 Å². The van der Waals surface area contributed by atoms with E-state index in [2.05, 4.69) is 25.8 Å². The fourth-order valence-corrected chi connectivity index (χ4v) is 2.67. The van der Waals surface area contributed by atoms with Crippen LogP contribution in [0.5, 0.6) is 0 Å². The number of anilines is 1. The van der Waals surface area contributed by atoms with Gasteiger partial charge >= 0.3 is 0 Å². The molecule has 94 valence electrons. The van der Waals surface area contributed by atoms with Crippen molar-refractivity contribution in [2.45, 2.75) is 18.9 Å². The van der Waals surface area contributed by atoms with E-state index in [1.807, 2.05) is 12.3 Å². The molecule has 0 spiro atoms. The second-order valence-electron chi connectivity index (χ2n) is 5.10. The molecule has 0 aromatic carbocycles. The predicted molar refractivity (Wildman–Crippen MR) is 70.9 cm³/mol. The maximum Gasteiger partial charge on any atom is 0.208 e. The van der Waals surface area contributed by atoms with Gasteiger partial charge in [0.05, 0.1) is 0 Å². The Balaban J connectivity index is 1.84. The van der Waals surface area contributed by atoms with Crippen LogP contribution in [-0.4, -0.2) is 40.7 Å². The van der Waals surface area contributed by atoms with Crippen LogP contribution in [0.25, 0.3) is 11.2 Å². The average Bonchev–Trinajstić information content (AvgIpc) is 3.19. The van der Waals surface area contributed by atoms with Gasteiger partial charge in [-0.1, -0.05) is 0 Å². The van der Waals surface area contributed by atoms with Crippen molar-refractivity contribution >= 4 is 17.1 Å². The molecule has 5 heteroatoms. The van der Waals surface area contributed by atoms with E-state index < -0.39 is 0 Å². The molecule has 0 radical (unpaired) electrons. The number of nitrogens with zero attached hydrogens (tertiary/aromatic N) is 4. The van der Waals surface area contributed by atoms with E-state index in [-0.39, 0.29) is 0 Å². The second-order valence-corrected chi connectivity index (χ2v) is 5.10. The lowest BCUT2D eigenvalue weighted by Gasteiger charge is -2.28. The lowest BCUT2D eigenvalue weighted by atomic mass is 10.4. The van der Waals surface area contributed by atoms with Gasteiger partial charge in [-0.15, -0.1) is 0 Å². The van der Waals surface area contributed by atoms with Gasteiger partial charge in [-0.25, -0.2) is 9.97 Å². The number of piperazine rings is 1. The van der Waals surface area contributed by atoms with E-state index in [1.54, 1.807) is 0 Å². The van der Waals surface area contributed by atoms with Crippen LogP contribution in [0.4, 0.5) is 5.95 Å². The third kappa shape index (κ3) is 1.58. The summed E-state index contributed by atoms with van der Waals surface area (Å²) in [5.41, 5.74) is 2.08. The average molecular weight is 243 g/mol. The Morgan fingerprint density at radius 3 is 2.83 bits per heavy atom. The Hall–Kier alpha value is -1.62. The van der Waals surface area contributed by atoms with Crippen LogP contribution in [0.15, 0.2) is 18.3 Å². The Kier molecular flexibility index (Phi) is 2.26. The molecule has 0 bridgehead atoms. The van der Waals surface area contributed by atoms with Gasteiger partial charge in [-0.05, 0) is 25.0 Å². The first-order chi connectivity index (χ1) is 8.93. The van der Waals surface area contributed by atoms with Crippen molar-refractivity contribution < 1.29 is 0 Å². The summed E-state index contributed by atoms with van der Waals surface area (Å²) in [6, 6.07) is 4.65. The Labute approximate surface area is 106 Å². The molecule has 2 aromatic rings. The molecule has 2 aromatic heterocycles. The molecule has 5 nitrogen and oxygen atoms in total. The molecule has 1 saturated carbocycles. The molecule has 4 rings (SSSR count). The summed E-state index contributed by atoms with van der Waals surface area (Å²) in [5.74, 6) is 1.12. The zero-order chi connectivity index (χ0) is 11.9. The van der Waals surface area contributed by atoms with Crippen molar-refractivity contribution in [2.24, 2.45) is 0 Å². The summed E-state index contributed by atoms with van der Waals surface area (Å²) in [6.45, 7) is 4.16. The zero-order valence-corrected chi connectivity index (χ0v) is 10.3. The first-order valence-corrected chi connectivity index (χ1v) is 6.72. The Morgan fingerprint density at radius 2 is 2.06 bits per heavy atom. The summed E-state index contributed by atoms with van der Waals surface area (Å²) >= 11 is 0.